The van der Waals surface area contributed by atoms with Gasteiger partial charge in [-0.2, -0.15) is 5.26 Å². The maximum atomic E-state index is 13.2. The molecule has 0 saturated carbocycles. The molecule has 2 aliphatic rings. The Labute approximate surface area is 186 Å². The van der Waals surface area contributed by atoms with Gasteiger partial charge in [-0.3, -0.25) is 19.1 Å². The minimum Gasteiger partial charge on any atom is -0.355 e. The quantitative estimate of drug-likeness (QED) is 0.509. The Balaban J connectivity index is 2.25. The van der Waals surface area contributed by atoms with Crippen LogP contribution in [0.4, 0.5) is 5.82 Å². The Hall–Kier alpha value is -2.15. The van der Waals surface area contributed by atoms with Gasteiger partial charge >= 0.3 is 0 Å². The summed E-state index contributed by atoms with van der Waals surface area (Å²) in [6.07, 6.45) is 3.59. The zero-order valence-corrected chi connectivity index (χ0v) is 19.5. The van der Waals surface area contributed by atoms with Crippen LogP contribution in [0.3, 0.4) is 0 Å². The summed E-state index contributed by atoms with van der Waals surface area (Å²) in [5.41, 5.74) is 1.27. The number of thiocarbonyl (C=S) groups is 1. The molecule has 3 heterocycles. The van der Waals surface area contributed by atoms with Crippen LogP contribution in [-0.4, -0.2) is 64.9 Å². The summed E-state index contributed by atoms with van der Waals surface area (Å²) >= 11 is 6.53. The lowest BCUT2D eigenvalue weighted by Crippen LogP contribution is -2.47. The topological polar surface area (TPSA) is 72.6 Å². The molecule has 1 amide bonds. The number of likely N-dealkylation sites (N-methyl/N-ethyl adjacent to an activating group) is 2. The molecule has 0 aliphatic carbocycles. The molecular formula is C21H27N5O2S2. The molecule has 7 nitrogen and oxygen atoms in total. The van der Waals surface area contributed by atoms with E-state index in [1.807, 2.05) is 6.08 Å². The highest BCUT2D eigenvalue weighted by molar-refractivity contribution is 8.26. The first kappa shape index (κ1) is 22.5. The van der Waals surface area contributed by atoms with E-state index >= 15 is 0 Å². The molecule has 1 aromatic rings. The van der Waals surface area contributed by atoms with E-state index in [0.29, 0.717) is 21.3 Å². The molecular weight excluding hydrogens is 418 g/mol. The second-order valence-corrected chi connectivity index (χ2v) is 9.37. The number of rotatable bonds is 5. The number of aromatic nitrogens is 1. The average molecular weight is 446 g/mol. The first-order valence-electron chi connectivity index (χ1n) is 10.1. The number of carbonyl (C=O) groups excluding carboxylic acids is 1. The number of unbranched alkanes of at least 4 members (excludes halogenated alkanes) is 1. The fourth-order valence-electron chi connectivity index (χ4n) is 3.70. The lowest BCUT2D eigenvalue weighted by molar-refractivity contribution is -0.121. The van der Waals surface area contributed by atoms with Crippen molar-refractivity contribution in [2.75, 3.05) is 45.2 Å². The molecule has 1 aromatic heterocycles. The number of nitriles is 1. The van der Waals surface area contributed by atoms with Crippen LogP contribution in [0.15, 0.2) is 9.70 Å². The summed E-state index contributed by atoms with van der Waals surface area (Å²) in [6.45, 7) is 7.75. The summed E-state index contributed by atoms with van der Waals surface area (Å²) in [7, 11) is 3.74. The van der Waals surface area contributed by atoms with Gasteiger partial charge in [0, 0.05) is 45.3 Å². The van der Waals surface area contributed by atoms with Crippen LogP contribution in [0, 0.1) is 18.3 Å². The summed E-state index contributed by atoms with van der Waals surface area (Å²) in [6, 6.07) is 2.09. The lowest BCUT2D eigenvalue weighted by Gasteiger charge is -2.36. The Morgan fingerprint density at radius 1 is 1.20 bits per heavy atom. The lowest BCUT2D eigenvalue weighted by atomic mass is 10.0. The number of anilines is 1. The first-order chi connectivity index (χ1) is 14.3. The molecule has 0 N–H and O–H groups in total. The van der Waals surface area contributed by atoms with Crippen molar-refractivity contribution < 1.29 is 4.79 Å². The zero-order valence-electron chi connectivity index (χ0n) is 17.9. The molecule has 0 bridgehead atoms. The third kappa shape index (κ3) is 4.17. The zero-order chi connectivity index (χ0) is 22.0. The molecule has 2 fully saturated rings. The van der Waals surface area contributed by atoms with Crippen molar-refractivity contribution in [1.82, 2.24) is 14.4 Å². The highest BCUT2D eigenvalue weighted by atomic mass is 32.2. The Bertz CT molecular complexity index is 1000. The van der Waals surface area contributed by atoms with Gasteiger partial charge in [0.15, 0.2) is 0 Å². The number of hydrogen-bond acceptors (Lipinski definition) is 7. The molecule has 3 rings (SSSR count). The Morgan fingerprint density at radius 2 is 1.87 bits per heavy atom. The van der Waals surface area contributed by atoms with Crippen molar-refractivity contribution >= 4 is 46.1 Å². The number of nitrogens with zero attached hydrogens (tertiary/aromatic N) is 5. The number of carbonyl (C=O) groups is 1. The van der Waals surface area contributed by atoms with Crippen LogP contribution in [0.1, 0.15) is 36.5 Å². The summed E-state index contributed by atoms with van der Waals surface area (Å²) in [4.78, 5) is 32.3. The van der Waals surface area contributed by atoms with E-state index in [4.69, 9.17) is 12.2 Å². The molecule has 0 radical (unpaired) electrons. The molecule has 30 heavy (non-hydrogen) atoms. The van der Waals surface area contributed by atoms with Gasteiger partial charge in [0.25, 0.3) is 11.5 Å². The molecule has 2 saturated heterocycles. The van der Waals surface area contributed by atoms with E-state index in [1.54, 1.807) is 18.5 Å². The predicted octanol–water partition coefficient (Wildman–Crippen LogP) is 2.41. The van der Waals surface area contributed by atoms with E-state index < -0.39 is 0 Å². The van der Waals surface area contributed by atoms with Crippen molar-refractivity contribution in [1.29, 1.82) is 5.26 Å². The van der Waals surface area contributed by atoms with E-state index in [9.17, 15) is 14.9 Å². The van der Waals surface area contributed by atoms with Crippen LogP contribution >= 0.6 is 24.0 Å². The van der Waals surface area contributed by atoms with Crippen LogP contribution in [0.2, 0.25) is 0 Å². The van der Waals surface area contributed by atoms with Crippen LogP contribution in [-0.2, 0) is 11.3 Å². The number of thioether (sulfide) groups is 1. The average Bonchev–Trinajstić information content (AvgIpc) is 2.97. The predicted molar refractivity (Wildman–Crippen MR) is 126 cm³/mol. The Morgan fingerprint density at radius 3 is 2.40 bits per heavy atom. The van der Waals surface area contributed by atoms with Crippen molar-refractivity contribution in [2.24, 2.45) is 0 Å². The van der Waals surface area contributed by atoms with Gasteiger partial charge in [0.05, 0.1) is 4.91 Å². The van der Waals surface area contributed by atoms with Crippen LogP contribution in [0.25, 0.3) is 6.08 Å². The maximum Gasteiger partial charge on any atom is 0.270 e. The molecule has 0 aromatic carbocycles. The molecule has 0 unspecified atom stereocenters. The van der Waals surface area contributed by atoms with E-state index in [-0.39, 0.29) is 17.0 Å². The maximum absolute atomic E-state index is 13.2. The second-order valence-electron chi connectivity index (χ2n) is 7.69. The van der Waals surface area contributed by atoms with Gasteiger partial charge in [-0.15, -0.1) is 0 Å². The van der Waals surface area contributed by atoms with Gasteiger partial charge in [0.2, 0.25) is 0 Å². The summed E-state index contributed by atoms with van der Waals surface area (Å²) in [5.74, 6) is 0.651. The van der Waals surface area contributed by atoms with Crippen molar-refractivity contribution in [3.8, 4) is 6.07 Å². The third-order valence-electron chi connectivity index (χ3n) is 5.65. The first-order valence-corrected chi connectivity index (χ1v) is 11.3. The fraction of sp³-hybridized carbons (Fsp3) is 0.524. The van der Waals surface area contributed by atoms with Gasteiger partial charge < -0.3 is 9.80 Å². The normalized spacial score (nSPS) is 19.1. The monoisotopic (exact) mass is 445 g/mol. The minimum absolute atomic E-state index is 0.141. The standard InChI is InChI=1S/C21H27N5O2S2/c1-5-6-7-26-18(25-10-8-23(3)9-11-25)15(14(2)16(13-22)19(26)27)12-17-20(28)24(4)21(29)30-17/h12H,5-11H2,1-4H3/b17-12+. The number of piperazine rings is 1. The highest BCUT2D eigenvalue weighted by Crippen LogP contribution is 2.35. The van der Waals surface area contributed by atoms with Crippen LogP contribution in [0.5, 0.6) is 0 Å². The SMILES string of the molecule is CCCCn1c(N2CCN(C)CC2)c(/C=C2/SC(=S)N(C)C2=O)c(C)c(C#N)c1=O. The molecule has 9 heteroatoms. The number of hydrogen-bond donors (Lipinski definition) is 0. The van der Waals surface area contributed by atoms with Crippen molar-refractivity contribution in [2.45, 2.75) is 33.2 Å². The minimum atomic E-state index is -0.252. The van der Waals surface area contributed by atoms with E-state index in [1.165, 1.54) is 16.7 Å². The fourth-order valence-corrected chi connectivity index (χ4v) is 4.86. The van der Waals surface area contributed by atoms with Gasteiger partial charge in [-0.05, 0) is 32.0 Å². The van der Waals surface area contributed by atoms with E-state index in [2.05, 4.69) is 29.8 Å². The molecule has 0 atom stereocenters. The van der Waals surface area contributed by atoms with Gasteiger partial charge in [-0.25, -0.2) is 0 Å². The number of pyridine rings is 1. The summed E-state index contributed by atoms with van der Waals surface area (Å²) in [5, 5.41) is 9.70. The molecule has 2 aliphatic heterocycles. The summed E-state index contributed by atoms with van der Waals surface area (Å²) < 4.78 is 2.24. The number of amides is 1. The smallest absolute Gasteiger partial charge is 0.270 e. The molecule has 0 spiro atoms. The third-order valence-corrected chi connectivity index (χ3v) is 7.13. The van der Waals surface area contributed by atoms with Gasteiger partial charge in [-0.1, -0.05) is 37.3 Å². The van der Waals surface area contributed by atoms with Gasteiger partial charge in [0.1, 0.15) is 21.8 Å². The van der Waals surface area contributed by atoms with Crippen molar-refractivity contribution in [3.63, 3.8) is 0 Å². The Kier molecular flexibility index (Phi) is 7.01. The second kappa shape index (κ2) is 9.33. The molecule has 160 valence electrons. The van der Waals surface area contributed by atoms with E-state index in [0.717, 1.165) is 50.4 Å². The van der Waals surface area contributed by atoms with Crippen LogP contribution < -0.4 is 10.5 Å². The van der Waals surface area contributed by atoms with Crippen molar-refractivity contribution in [3.05, 3.63) is 31.9 Å². The highest BCUT2D eigenvalue weighted by Gasteiger charge is 2.31. The largest absolute Gasteiger partial charge is 0.355 e.